The van der Waals surface area contributed by atoms with E-state index in [1.165, 1.54) is 22.4 Å². The van der Waals surface area contributed by atoms with Crippen LogP contribution in [0.15, 0.2) is 24.3 Å². The fourth-order valence-corrected chi connectivity index (χ4v) is 2.49. The third kappa shape index (κ3) is 2.71. The fourth-order valence-electron chi connectivity index (χ4n) is 2.49. The van der Waals surface area contributed by atoms with E-state index in [9.17, 15) is 0 Å². The second-order valence-corrected chi connectivity index (χ2v) is 5.34. The van der Waals surface area contributed by atoms with Crippen molar-refractivity contribution in [2.24, 2.45) is 7.05 Å². The van der Waals surface area contributed by atoms with Crippen LogP contribution in [0.1, 0.15) is 36.7 Å². The van der Waals surface area contributed by atoms with Gasteiger partial charge in [0.15, 0.2) is 0 Å². The molecule has 0 radical (unpaired) electrons. The van der Waals surface area contributed by atoms with Gasteiger partial charge in [0.25, 0.3) is 0 Å². The van der Waals surface area contributed by atoms with E-state index in [-0.39, 0.29) is 0 Å². The van der Waals surface area contributed by atoms with Crippen molar-refractivity contribution in [3.8, 4) is 11.1 Å². The predicted molar refractivity (Wildman–Crippen MR) is 80.2 cm³/mol. The molecule has 3 nitrogen and oxygen atoms in total. The standard InChI is InChI=1S/C16H23N3/c1-11(2)13-6-8-14(9-7-13)16-12(3)18-19(5)15(16)10-17-4/h6-9,11,17H,10H2,1-5H3. The zero-order valence-corrected chi connectivity index (χ0v) is 12.5. The summed E-state index contributed by atoms with van der Waals surface area (Å²) in [7, 11) is 3.97. The van der Waals surface area contributed by atoms with E-state index in [2.05, 4.69) is 55.5 Å². The normalized spacial score (nSPS) is 11.3. The van der Waals surface area contributed by atoms with Crippen LogP contribution in [0.3, 0.4) is 0 Å². The highest BCUT2D eigenvalue weighted by atomic mass is 15.3. The maximum absolute atomic E-state index is 4.54. The molecule has 1 heterocycles. The first kappa shape index (κ1) is 13.8. The molecule has 19 heavy (non-hydrogen) atoms. The van der Waals surface area contributed by atoms with Gasteiger partial charge >= 0.3 is 0 Å². The summed E-state index contributed by atoms with van der Waals surface area (Å²) < 4.78 is 1.97. The van der Waals surface area contributed by atoms with E-state index >= 15 is 0 Å². The molecule has 0 saturated carbocycles. The Morgan fingerprint density at radius 3 is 2.37 bits per heavy atom. The lowest BCUT2D eigenvalue weighted by Gasteiger charge is -2.09. The van der Waals surface area contributed by atoms with Gasteiger partial charge in [-0.15, -0.1) is 0 Å². The van der Waals surface area contributed by atoms with E-state index in [1.54, 1.807) is 0 Å². The highest BCUT2D eigenvalue weighted by molar-refractivity contribution is 5.69. The zero-order valence-electron chi connectivity index (χ0n) is 12.5. The molecule has 0 aliphatic carbocycles. The molecular formula is C16H23N3. The third-order valence-electron chi connectivity index (χ3n) is 3.55. The van der Waals surface area contributed by atoms with E-state index in [4.69, 9.17) is 0 Å². The van der Waals surface area contributed by atoms with Crippen LogP contribution in [-0.2, 0) is 13.6 Å². The maximum atomic E-state index is 4.54. The van der Waals surface area contributed by atoms with Gasteiger partial charge in [0, 0.05) is 19.2 Å². The van der Waals surface area contributed by atoms with Gasteiger partial charge in [0.05, 0.1) is 11.4 Å². The van der Waals surface area contributed by atoms with Crippen LogP contribution < -0.4 is 5.32 Å². The van der Waals surface area contributed by atoms with Gasteiger partial charge in [-0.3, -0.25) is 4.68 Å². The van der Waals surface area contributed by atoms with Crippen LogP contribution in [0.2, 0.25) is 0 Å². The van der Waals surface area contributed by atoms with Crippen molar-refractivity contribution in [1.82, 2.24) is 15.1 Å². The van der Waals surface area contributed by atoms with Crippen LogP contribution in [-0.4, -0.2) is 16.8 Å². The second kappa shape index (κ2) is 5.57. The number of benzene rings is 1. The molecule has 0 aliphatic rings. The maximum Gasteiger partial charge on any atom is 0.0675 e. The molecule has 102 valence electrons. The molecule has 0 atom stereocenters. The van der Waals surface area contributed by atoms with Crippen molar-refractivity contribution in [2.75, 3.05) is 7.05 Å². The van der Waals surface area contributed by atoms with Gasteiger partial charge in [-0.05, 0) is 31.0 Å². The highest BCUT2D eigenvalue weighted by Gasteiger charge is 2.14. The summed E-state index contributed by atoms with van der Waals surface area (Å²) >= 11 is 0. The number of nitrogens with zero attached hydrogens (tertiary/aromatic N) is 2. The van der Waals surface area contributed by atoms with Crippen LogP contribution in [0, 0.1) is 6.92 Å². The van der Waals surface area contributed by atoms with Gasteiger partial charge < -0.3 is 5.32 Å². The molecular weight excluding hydrogens is 234 g/mol. The lowest BCUT2D eigenvalue weighted by Crippen LogP contribution is -2.10. The smallest absolute Gasteiger partial charge is 0.0675 e. The first-order valence-electron chi connectivity index (χ1n) is 6.82. The van der Waals surface area contributed by atoms with Crippen LogP contribution in [0.4, 0.5) is 0 Å². The molecule has 0 unspecified atom stereocenters. The van der Waals surface area contributed by atoms with Gasteiger partial charge in [0.1, 0.15) is 0 Å². The third-order valence-corrected chi connectivity index (χ3v) is 3.55. The molecule has 1 aromatic heterocycles. The fraction of sp³-hybridized carbons (Fsp3) is 0.438. The molecule has 0 spiro atoms. The van der Waals surface area contributed by atoms with Crippen molar-refractivity contribution in [1.29, 1.82) is 0 Å². The van der Waals surface area contributed by atoms with Crippen molar-refractivity contribution in [3.05, 3.63) is 41.2 Å². The summed E-state index contributed by atoms with van der Waals surface area (Å²) in [5, 5.41) is 7.76. The number of aromatic nitrogens is 2. The molecule has 2 aromatic rings. The number of nitrogens with one attached hydrogen (secondary N) is 1. The quantitative estimate of drug-likeness (QED) is 0.911. The second-order valence-electron chi connectivity index (χ2n) is 5.34. The summed E-state index contributed by atoms with van der Waals surface area (Å²) in [6.07, 6.45) is 0. The minimum Gasteiger partial charge on any atom is -0.314 e. The Morgan fingerprint density at radius 1 is 1.21 bits per heavy atom. The monoisotopic (exact) mass is 257 g/mol. The van der Waals surface area contributed by atoms with E-state index in [0.717, 1.165) is 12.2 Å². The lowest BCUT2D eigenvalue weighted by molar-refractivity contribution is 0.669. The molecule has 0 bridgehead atoms. The summed E-state index contributed by atoms with van der Waals surface area (Å²) in [5.74, 6) is 0.570. The Bertz CT molecular complexity index is 550. The van der Waals surface area contributed by atoms with Crippen molar-refractivity contribution < 1.29 is 0 Å². The average molecular weight is 257 g/mol. The Morgan fingerprint density at radius 2 is 1.84 bits per heavy atom. The summed E-state index contributed by atoms with van der Waals surface area (Å²) in [6.45, 7) is 7.34. The Balaban J connectivity index is 2.46. The largest absolute Gasteiger partial charge is 0.314 e. The SMILES string of the molecule is CNCc1c(-c2ccc(C(C)C)cc2)c(C)nn1C. The van der Waals surface area contributed by atoms with Crippen molar-refractivity contribution >= 4 is 0 Å². The molecule has 3 heteroatoms. The highest BCUT2D eigenvalue weighted by Crippen LogP contribution is 2.28. The number of aryl methyl sites for hydroxylation is 2. The first-order chi connectivity index (χ1) is 9.04. The molecule has 1 N–H and O–H groups in total. The van der Waals surface area contributed by atoms with Gasteiger partial charge in [0.2, 0.25) is 0 Å². The molecule has 0 saturated heterocycles. The van der Waals surface area contributed by atoms with Crippen LogP contribution in [0.5, 0.6) is 0 Å². The van der Waals surface area contributed by atoms with Gasteiger partial charge in [-0.2, -0.15) is 5.10 Å². The van der Waals surface area contributed by atoms with Gasteiger partial charge in [-0.25, -0.2) is 0 Å². The van der Waals surface area contributed by atoms with Crippen LogP contribution in [0.25, 0.3) is 11.1 Å². The van der Waals surface area contributed by atoms with E-state index < -0.39 is 0 Å². The summed E-state index contributed by atoms with van der Waals surface area (Å²) in [4.78, 5) is 0. The topological polar surface area (TPSA) is 29.9 Å². The Hall–Kier alpha value is -1.61. The molecule has 0 aliphatic heterocycles. The minimum atomic E-state index is 0.570. The molecule has 0 amide bonds. The average Bonchev–Trinajstić information content (AvgIpc) is 2.65. The predicted octanol–water partition coefficient (Wildman–Crippen LogP) is 3.24. The lowest BCUT2D eigenvalue weighted by atomic mass is 9.97. The number of hydrogen-bond acceptors (Lipinski definition) is 2. The first-order valence-corrected chi connectivity index (χ1v) is 6.82. The van der Waals surface area contributed by atoms with Crippen molar-refractivity contribution in [3.63, 3.8) is 0 Å². The van der Waals surface area contributed by atoms with Crippen LogP contribution >= 0.6 is 0 Å². The van der Waals surface area contributed by atoms with E-state index in [1.807, 2.05) is 18.8 Å². The number of hydrogen-bond donors (Lipinski definition) is 1. The molecule has 1 aromatic carbocycles. The summed E-state index contributed by atoms with van der Waals surface area (Å²) in [5.41, 5.74) is 6.20. The summed E-state index contributed by atoms with van der Waals surface area (Å²) in [6, 6.07) is 8.85. The van der Waals surface area contributed by atoms with E-state index in [0.29, 0.717) is 5.92 Å². The Labute approximate surface area is 115 Å². The zero-order chi connectivity index (χ0) is 14.0. The molecule has 0 fully saturated rings. The number of rotatable bonds is 4. The van der Waals surface area contributed by atoms with Gasteiger partial charge in [-0.1, -0.05) is 38.1 Å². The molecule has 2 rings (SSSR count). The Kier molecular flexibility index (Phi) is 4.05. The minimum absolute atomic E-state index is 0.570. The van der Waals surface area contributed by atoms with Crippen molar-refractivity contribution in [2.45, 2.75) is 33.2 Å².